The van der Waals surface area contributed by atoms with Crippen molar-refractivity contribution in [2.75, 3.05) is 0 Å². The molecule has 0 rings (SSSR count). The normalized spacial score (nSPS) is 9.90. The van der Waals surface area contributed by atoms with Gasteiger partial charge in [-0.25, -0.2) is 0 Å². The highest BCUT2D eigenvalue weighted by molar-refractivity contribution is 5.85. The molecule has 0 spiro atoms. The molecular formula is C16H31ClO3. The fourth-order valence-corrected chi connectivity index (χ4v) is 1.97. The van der Waals surface area contributed by atoms with E-state index in [1.54, 1.807) is 0 Å². The van der Waals surface area contributed by atoms with Gasteiger partial charge in [-0.15, -0.1) is 12.4 Å². The zero-order valence-electron chi connectivity index (χ0n) is 13.1. The van der Waals surface area contributed by atoms with E-state index in [1.807, 2.05) is 0 Å². The lowest BCUT2D eigenvalue weighted by molar-refractivity contribution is -0.159. The van der Waals surface area contributed by atoms with E-state index in [2.05, 4.69) is 13.8 Å². The zero-order valence-corrected chi connectivity index (χ0v) is 13.9. The molecule has 0 aliphatic heterocycles. The molecule has 0 aromatic carbocycles. The van der Waals surface area contributed by atoms with Crippen molar-refractivity contribution in [3.05, 3.63) is 0 Å². The van der Waals surface area contributed by atoms with Gasteiger partial charge in [-0.1, -0.05) is 65.2 Å². The number of halogens is 1. The van der Waals surface area contributed by atoms with Crippen molar-refractivity contribution in [3.8, 4) is 0 Å². The van der Waals surface area contributed by atoms with Gasteiger partial charge in [-0.3, -0.25) is 9.59 Å². The molecule has 0 unspecified atom stereocenters. The molecule has 0 N–H and O–H groups in total. The minimum Gasteiger partial charge on any atom is -0.393 e. The van der Waals surface area contributed by atoms with Crippen LogP contribution in [0.15, 0.2) is 0 Å². The fraction of sp³-hybridized carbons (Fsp3) is 0.875. The number of rotatable bonds is 12. The smallest absolute Gasteiger partial charge is 0.313 e. The van der Waals surface area contributed by atoms with Gasteiger partial charge in [0.15, 0.2) is 0 Å². The first-order valence-corrected chi connectivity index (χ1v) is 7.94. The predicted octanol–water partition coefficient (Wildman–Crippen LogP) is 5.20. The van der Waals surface area contributed by atoms with Crippen molar-refractivity contribution >= 4 is 24.3 Å². The standard InChI is InChI=1S/C16H30O3.ClH/c1-3-5-7-9-11-13-15(17)19-16(18)14-12-10-8-6-4-2;/h3-14H2,1-2H3;1H. The van der Waals surface area contributed by atoms with Crippen LogP contribution in [0.5, 0.6) is 0 Å². The highest BCUT2D eigenvalue weighted by atomic mass is 35.5. The van der Waals surface area contributed by atoms with E-state index in [0.29, 0.717) is 12.8 Å². The Morgan fingerprint density at radius 2 is 1.00 bits per heavy atom. The van der Waals surface area contributed by atoms with Crippen LogP contribution in [-0.2, 0) is 14.3 Å². The summed E-state index contributed by atoms with van der Waals surface area (Å²) in [4.78, 5) is 22.8. The summed E-state index contributed by atoms with van der Waals surface area (Å²) in [6.45, 7) is 4.32. The number of hydrogen-bond donors (Lipinski definition) is 0. The van der Waals surface area contributed by atoms with E-state index in [1.165, 1.54) is 25.7 Å². The van der Waals surface area contributed by atoms with Crippen LogP contribution in [0.1, 0.15) is 90.9 Å². The van der Waals surface area contributed by atoms with Crippen LogP contribution in [0.4, 0.5) is 0 Å². The number of hydrogen-bond acceptors (Lipinski definition) is 3. The Morgan fingerprint density at radius 3 is 1.35 bits per heavy atom. The average Bonchev–Trinajstić information content (AvgIpc) is 2.38. The van der Waals surface area contributed by atoms with Crippen LogP contribution >= 0.6 is 12.4 Å². The number of carbonyl (C=O) groups excluding carboxylic acids is 2. The van der Waals surface area contributed by atoms with Gasteiger partial charge in [0.25, 0.3) is 0 Å². The molecule has 0 atom stereocenters. The quantitative estimate of drug-likeness (QED) is 0.283. The molecule has 0 bridgehead atoms. The van der Waals surface area contributed by atoms with Crippen molar-refractivity contribution < 1.29 is 14.3 Å². The topological polar surface area (TPSA) is 43.4 Å². The molecule has 3 nitrogen and oxygen atoms in total. The molecule has 0 amide bonds. The van der Waals surface area contributed by atoms with Gasteiger partial charge < -0.3 is 4.74 Å². The first-order valence-electron chi connectivity index (χ1n) is 7.94. The number of ether oxygens (including phenoxy) is 1. The predicted molar refractivity (Wildman–Crippen MR) is 85.1 cm³/mol. The molecule has 0 aromatic rings. The number of esters is 2. The van der Waals surface area contributed by atoms with Crippen molar-refractivity contribution in [2.24, 2.45) is 0 Å². The summed E-state index contributed by atoms with van der Waals surface area (Å²) in [7, 11) is 0. The Morgan fingerprint density at radius 1 is 0.650 bits per heavy atom. The Labute approximate surface area is 130 Å². The van der Waals surface area contributed by atoms with Crippen molar-refractivity contribution in [3.63, 3.8) is 0 Å². The average molecular weight is 307 g/mol. The highest BCUT2D eigenvalue weighted by Crippen LogP contribution is 2.08. The lowest BCUT2D eigenvalue weighted by atomic mass is 10.1. The third-order valence-electron chi connectivity index (χ3n) is 3.20. The fourth-order valence-electron chi connectivity index (χ4n) is 1.97. The van der Waals surface area contributed by atoms with Gasteiger partial charge in [0.2, 0.25) is 0 Å². The first-order chi connectivity index (χ1) is 9.20. The van der Waals surface area contributed by atoms with E-state index >= 15 is 0 Å². The SMILES string of the molecule is CCCCCCCC(=O)OC(=O)CCCCCCC.Cl. The van der Waals surface area contributed by atoms with E-state index in [-0.39, 0.29) is 24.3 Å². The van der Waals surface area contributed by atoms with Gasteiger partial charge in [0.1, 0.15) is 0 Å². The summed E-state index contributed by atoms with van der Waals surface area (Å²) < 4.78 is 4.79. The Bertz CT molecular complexity index is 218. The highest BCUT2D eigenvalue weighted by Gasteiger charge is 2.09. The van der Waals surface area contributed by atoms with E-state index in [4.69, 9.17) is 4.74 Å². The maximum Gasteiger partial charge on any atom is 0.313 e. The Kier molecular flexibility index (Phi) is 17.9. The second-order valence-corrected chi connectivity index (χ2v) is 5.17. The van der Waals surface area contributed by atoms with Gasteiger partial charge in [0, 0.05) is 12.8 Å². The minimum absolute atomic E-state index is 0. The Balaban J connectivity index is 0. The molecule has 0 aliphatic rings. The molecule has 0 saturated heterocycles. The second kappa shape index (κ2) is 16.5. The monoisotopic (exact) mass is 306 g/mol. The van der Waals surface area contributed by atoms with Gasteiger partial charge >= 0.3 is 11.9 Å². The lowest BCUT2D eigenvalue weighted by Gasteiger charge is -2.03. The molecule has 0 radical (unpaired) electrons. The molecule has 4 heteroatoms. The largest absolute Gasteiger partial charge is 0.393 e. The molecule has 20 heavy (non-hydrogen) atoms. The molecular weight excluding hydrogens is 276 g/mol. The zero-order chi connectivity index (χ0) is 14.3. The van der Waals surface area contributed by atoms with Crippen LogP contribution in [0, 0.1) is 0 Å². The Hall–Kier alpha value is -0.570. The molecule has 0 heterocycles. The van der Waals surface area contributed by atoms with Crippen molar-refractivity contribution in [1.82, 2.24) is 0 Å². The van der Waals surface area contributed by atoms with Gasteiger partial charge in [-0.2, -0.15) is 0 Å². The van der Waals surface area contributed by atoms with Crippen LogP contribution in [0.3, 0.4) is 0 Å². The van der Waals surface area contributed by atoms with Crippen molar-refractivity contribution in [1.29, 1.82) is 0 Å². The lowest BCUT2D eigenvalue weighted by Crippen LogP contribution is -2.11. The van der Waals surface area contributed by atoms with E-state index in [9.17, 15) is 9.59 Å². The van der Waals surface area contributed by atoms with Gasteiger partial charge in [0.05, 0.1) is 0 Å². The molecule has 0 aromatic heterocycles. The summed E-state index contributed by atoms with van der Waals surface area (Å²) in [6, 6.07) is 0. The first kappa shape index (κ1) is 21.7. The third-order valence-corrected chi connectivity index (χ3v) is 3.20. The van der Waals surface area contributed by atoms with Crippen LogP contribution < -0.4 is 0 Å². The maximum absolute atomic E-state index is 11.4. The van der Waals surface area contributed by atoms with E-state index in [0.717, 1.165) is 38.5 Å². The molecule has 0 aliphatic carbocycles. The molecule has 0 fully saturated rings. The summed E-state index contributed by atoms with van der Waals surface area (Å²) in [5, 5.41) is 0. The summed E-state index contributed by atoms with van der Waals surface area (Å²) >= 11 is 0. The van der Waals surface area contributed by atoms with Crippen molar-refractivity contribution in [2.45, 2.75) is 90.9 Å². The number of carbonyl (C=O) groups is 2. The van der Waals surface area contributed by atoms with Crippen LogP contribution in [-0.4, -0.2) is 11.9 Å². The maximum atomic E-state index is 11.4. The van der Waals surface area contributed by atoms with Gasteiger partial charge in [-0.05, 0) is 12.8 Å². The molecule has 0 saturated carbocycles. The number of unbranched alkanes of at least 4 members (excludes halogenated alkanes) is 8. The molecule has 120 valence electrons. The van der Waals surface area contributed by atoms with Crippen LogP contribution in [0.25, 0.3) is 0 Å². The summed E-state index contributed by atoms with van der Waals surface area (Å²) in [6.07, 6.45) is 11.7. The minimum atomic E-state index is -0.352. The summed E-state index contributed by atoms with van der Waals surface area (Å²) in [5.41, 5.74) is 0. The summed E-state index contributed by atoms with van der Waals surface area (Å²) in [5.74, 6) is -0.704. The second-order valence-electron chi connectivity index (χ2n) is 5.17. The van der Waals surface area contributed by atoms with E-state index < -0.39 is 0 Å². The van der Waals surface area contributed by atoms with Crippen LogP contribution in [0.2, 0.25) is 0 Å². The third kappa shape index (κ3) is 15.5.